The average molecular weight is 354 g/mol. The molecule has 128 valence electrons. The van der Waals surface area contributed by atoms with Gasteiger partial charge in [-0.3, -0.25) is 4.79 Å². The van der Waals surface area contributed by atoms with Crippen LogP contribution in [0.4, 0.5) is 0 Å². The minimum absolute atomic E-state index is 0.0350. The van der Waals surface area contributed by atoms with Crippen LogP contribution in [0.2, 0.25) is 0 Å². The van der Waals surface area contributed by atoms with Crippen LogP contribution < -0.4 is 10.2 Å². The maximum absolute atomic E-state index is 12.2. The number of ether oxygens (including phenoxy) is 1. The van der Waals surface area contributed by atoms with Gasteiger partial charge in [0.1, 0.15) is 12.7 Å². The van der Waals surface area contributed by atoms with Crippen LogP contribution in [-0.2, 0) is 6.61 Å². The monoisotopic (exact) mass is 354 g/mol. The molecule has 0 saturated carbocycles. The summed E-state index contributed by atoms with van der Waals surface area (Å²) in [4.78, 5) is 13.3. The molecule has 0 aliphatic heterocycles. The quantitative estimate of drug-likeness (QED) is 0.678. The van der Waals surface area contributed by atoms with Crippen LogP contribution in [0.5, 0.6) is 5.75 Å². The van der Waals surface area contributed by atoms with E-state index in [9.17, 15) is 9.90 Å². The van der Waals surface area contributed by atoms with E-state index in [4.69, 9.17) is 9.15 Å². The molecule has 1 heterocycles. The van der Waals surface area contributed by atoms with Crippen molar-refractivity contribution in [1.82, 2.24) is 0 Å². The molecule has 0 saturated heterocycles. The van der Waals surface area contributed by atoms with Crippen LogP contribution >= 0.6 is 11.8 Å². The summed E-state index contributed by atoms with van der Waals surface area (Å²) >= 11 is 1.62. The van der Waals surface area contributed by atoms with Crippen molar-refractivity contribution < 1.29 is 14.3 Å². The smallest absolute Gasteiger partial charge is 0.227 e. The van der Waals surface area contributed by atoms with Gasteiger partial charge in [-0.1, -0.05) is 42.5 Å². The number of thioether (sulfide) groups is 1. The highest BCUT2D eigenvalue weighted by molar-refractivity contribution is 7.98. The summed E-state index contributed by atoms with van der Waals surface area (Å²) in [6.07, 6.45) is 2.18. The molecule has 0 radical (unpaired) electrons. The topological polar surface area (TPSA) is 59.7 Å². The summed E-state index contributed by atoms with van der Waals surface area (Å²) in [6, 6.07) is 18.2. The number of aliphatic hydroxyl groups excluding tert-OH is 1. The minimum atomic E-state index is -1.07. The third kappa shape index (κ3) is 4.13. The fourth-order valence-corrected chi connectivity index (χ4v) is 2.83. The summed E-state index contributed by atoms with van der Waals surface area (Å²) < 4.78 is 11.1. The van der Waals surface area contributed by atoms with E-state index in [0.717, 1.165) is 10.5 Å². The molecule has 1 atom stereocenters. The first kappa shape index (κ1) is 17.3. The molecule has 1 unspecified atom stereocenters. The first-order valence-electron chi connectivity index (χ1n) is 7.79. The molecule has 0 amide bonds. The molecule has 0 aliphatic rings. The van der Waals surface area contributed by atoms with Crippen LogP contribution in [-0.4, -0.2) is 11.4 Å². The van der Waals surface area contributed by atoms with E-state index in [1.807, 2.05) is 60.9 Å². The zero-order chi connectivity index (χ0) is 17.6. The Balaban J connectivity index is 1.87. The molecular formula is C20H18O4S. The lowest BCUT2D eigenvalue weighted by molar-refractivity contribution is 0.171. The van der Waals surface area contributed by atoms with E-state index in [0.29, 0.717) is 5.56 Å². The highest BCUT2D eigenvalue weighted by atomic mass is 32.2. The van der Waals surface area contributed by atoms with E-state index >= 15 is 0 Å². The molecule has 3 aromatic rings. The van der Waals surface area contributed by atoms with Crippen molar-refractivity contribution in [2.75, 3.05) is 6.26 Å². The van der Waals surface area contributed by atoms with E-state index in [1.54, 1.807) is 11.8 Å². The van der Waals surface area contributed by atoms with Gasteiger partial charge in [-0.15, -0.1) is 11.8 Å². The van der Waals surface area contributed by atoms with Crippen LogP contribution in [0.15, 0.2) is 81.0 Å². The highest BCUT2D eigenvalue weighted by Crippen LogP contribution is 2.29. The Morgan fingerprint density at radius 2 is 1.80 bits per heavy atom. The van der Waals surface area contributed by atoms with Gasteiger partial charge in [0.2, 0.25) is 11.2 Å². The molecule has 5 heteroatoms. The van der Waals surface area contributed by atoms with Gasteiger partial charge in [0.25, 0.3) is 0 Å². The second-order valence-electron chi connectivity index (χ2n) is 5.43. The largest absolute Gasteiger partial charge is 0.482 e. The van der Waals surface area contributed by atoms with Crippen LogP contribution in [0.3, 0.4) is 0 Å². The third-order valence-corrected chi connectivity index (χ3v) is 4.51. The Morgan fingerprint density at radius 1 is 1.08 bits per heavy atom. The summed E-state index contributed by atoms with van der Waals surface area (Å²) in [5.74, 6) is 0.146. The van der Waals surface area contributed by atoms with Gasteiger partial charge >= 0.3 is 0 Å². The Morgan fingerprint density at radius 3 is 2.48 bits per heavy atom. The van der Waals surface area contributed by atoms with E-state index in [2.05, 4.69) is 0 Å². The summed E-state index contributed by atoms with van der Waals surface area (Å²) in [7, 11) is 0. The van der Waals surface area contributed by atoms with Gasteiger partial charge in [0.15, 0.2) is 5.76 Å². The standard InChI is InChI=1S/C20H18O4S/c1-25-16-9-7-15(8-10-16)18(22)20-19(17(21)11-12-23-20)24-13-14-5-3-2-4-6-14/h2-12,18,22H,13H2,1H3. The van der Waals surface area contributed by atoms with Crippen molar-refractivity contribution >= 4 is 11.8 Å². The molecular weight excluding hydrogens is 336 g/mol. The molecule has 1 N–H and O–H groups in total. The van der Waals surface area contributed by atoms with Crippen molar-refractivity contribution in [3.05, 3.63) is 94.0 Å². The molecule has 0 fully saturated rings. The summed E-state index contributed by atoms with van der Waals surface area (Å²) in [5.41, 5.74) is 1.24. The van der Waals surface area contributed by atoms with Gasteiger partial charge in [-0.25, -0.2) is 0 Å². The molecule has 3 rings (SSSR count). The lowest BCUT2D eigenvalue weighted by Crippen LogP contribution is -2.12. The van der Waals surface area contributed by atoms with Crippen LogP contribution in [0.25, 0.3) is 0 Å². The van der Waals surface area contributed by atoms with Crippen LogP contribution in [0, 0.1) is 0 Å². The first-order valence-corrected chi connectivity index (χ1v) is 9.02. The molecule has 0 bridgehead atoms. The lowest BCUT2D eigenvalue weighted by Gasteiger charge is -2.14. The molecule has 2 aromatic carbocycles. The number of hydrogen-bond acceptors (Lipinski definition) is 5. The molecule has 4 nitrogen and oxygen atoms in total. The van der Waals surface area contributed by atoms with E-state index < -0.39 is 6.10 Å². The predicted octanol–water partition coefficient (Wildman–Crippen LogP) is 4.02. The average Bonchev–Trinajstić information content (AvgIpc) is 2.67. The Bertz CT molecular complexity index is 872. The molecule has 1 aromatic heterocycles. The lowest BCUT2D eigenvalue weighted by atomic mass is 10.1. The zero-order valence-electron chi connectivity index (χ0n) is 13.7. The number of aliphatic hydroxyl groups is 1. The van der Waals surface area contributed by atoms with E-state index in [1.165, 1.54) is 12.3 Å². The molecule has 0 spiro atoms. The number of hydrogen-bond donors (Lipinski definition) is 1. The Kier molecular flexibility index (Phi) is 5.58. The Hall–Kier alpha value is -2.50. The van der Waals surface area contributed by atoms with Crippen molar-refractivity contribution in [3.63, 3.8) is 0 Å². The minimum Gasteiger partial charge on any atom is -0.482 e. The normalized spacial score (nSPS) is 11.9. The van der Waals surface area contributed by atoms with Gasteiger partial charge < -0.3 is 14.3 Å². The summed E-state index contributed by atoms with van der Waals surface area (Å²) in [6.45, 7) is 0.223. The second kappa shape index (κ2) is 8.05. The fraction of sp³-hybridized carbons (Fsp3) is 0.150. The highest BCUT2D eigenvalue weighted by Gasteiger charge is 2.21. The molecule has 0 aliphatic carbocycles. The first-order chi connectivity index (χ1) is 12.2. The maximum Gasteiger partial charge on any atom is 0.227 e. The van der Waals surface area contributed by atoms with Gasteiger partial charge in [-0.05, 0) is 29.5 Å². The SMILES string of the molecule is CSc1ccc(C(O)c2occc(=O)c2OCc2ccccc2)cc1. The third-order valence-electron chi connectivity index (χ3n) is 3.77. The predicted molar refractivity (Wildman–Crippen MR) is 98.0 cm³/mol. The molecule has 25 heavy (non-hydrogen) atoms. The van der Waals surface area contributed by atoms with Gasteiger partial charge in [-0.2, -0.15) is 0 Å². The Labute approximate surface area is 150 Å². The van der Waals surface area contributed by atoms with Crippen LogP contribution in [0.1, 0.15) is 23.0 Å². The van der Waals surface area contributed by atoms with Gasteiger partial charge in [0.05, 0.1) is 6.26 Å². The van der Waals surface area contributed by atoms with E-state index in [-0.39, 0.29) is 23.5 Å². The van der Waals surface area contributed by atoms with Crippen molar-refractivity contribution in [1.29, 1.82) is 0 Å². The number of rotatable bonds is 6. The zero-order valence-corrected chi connectivity index (χ0v) is 14.5. The van der Waals surface area contributed by atoms with Crippen molar-refractivity contribution in [2.24, 2.45) is 0 Å². The van der Waals surface area contributed by atoms with Crippen molar-refractivity contribution in [2.45, 2.75) is 17.6 Å². The number of benzene rings is 2. The fourth-order valence-electron chi connectivity index (χ4n) is 2.42. The van der Waals surface area contributed by atoms with Crippen molar-refractivity contribution in [3.8, 4) is 5.75 Å². The summed E-state index contributed by atoms with van der Waals surface area (Å²) in [5, 5.41) is 10.6. The van der Waals surface area contributed by atoms with Gasteiger partial charge in [0, 0.05) is 11.0 Å². The second-order valence-corrected chi connectivity index (χ2v) is 6.31. The maximum atomic E-state index is 12.2.